The Bertz CT molecular complexity index is 381. The van der Waals surface area contributed by atoms with Gasteiger partial charge in [0.15, 0.2) is 6.34 Å². The van der Waals surface area contributed by atoms with E-state index in [2.05, 4.69) is 16.1 Å². The average Bonchev–Trinajstić information content (AvgIpc) is 2.02. The third-order valence-electron chi connectivity index (χ3n) is 1.59. The van der Waals surface area contributed by atoms with E-state index in [1.165, 1.54) is 6.07 Å². The molecule has 1 aromatic carbocycles. The van der Waals surface area contributed by atoms with Crippen LogP contribution in [0.4, 0.5) is 10.1 Å². The molecule has 0 bridgehead atoms. The maximum absolute atomic E-state index is 12.7. The van der Waals surface area contributed by atoms with E-state index in [4.69, 9.17) is 0 Å². The number of nitrogens with zero attached hydrogens (tertiary/aromatic N) is 1. The van der Waals surface area contributed by atoms with Crippen LogP contribution in [0.1, 0.15) is 0 Å². The Kier molecular flexibility index (Phi) is 1.76. The molecule has 1 radical (unpaired) electrons. The number of hydrogen-bond acceptors (Lipinski definition) is 4. The van der Waals surface area contributed by atoms with Crippen LogP contribution in [0.15, 0.2) is 28.1 Å². The summed E-state index contributed by atoms with van der Waals surface area (Å²) in [6.07, 6.45) is 2.20. The van der Waals surface area contributed by atoms with Crippen LogP contribution < -0.4 is 4.72 Å². The highest BCUT2D eigenvalue weighted by atomic mass is 32.3. The number of aliphatic imine (C=N–C) groups is 1. The highest BCUT2D eigenvalue weighted by Crippen LogP contribution is 2.50. The van der Waals surface area contributed by atoms with Gasteiger partial charge in [0.2, 0.25) is 0 Å². The standard InChI is InChI=1S/C7H6FN2O2S/c8-5-1-2-7-6(3-5)9-4-10-13(7,11)12/h1-3,11-12H,(H,9,10). The summed E-state index contributed by atoms with van der Waals surface area (Å²) in [5.74, 6) is -0.471. The van der Waals surface area contributed by atoms with Gasteiger partial charge in [-0.05, 0) is 12.1 Å². The Labute approximate surface area is 75.6 Å². The molecule has 0 saturated heterocycles. The molecule has 0 atom stereocenters. The van der Waals surface area contributed by atoms with Gasteiger partial charge in [-0.3, -0.25) is 13.8 Å². The maximum Gasteiger partial charge on any atom is 0.190 e. The third kappa shape index (κ3) is 1.39. The van der Waals surface area contributed by atoms with Crippen LogP contribution in [0.2, 0.25) is 0 Å². The fourth-order valence-electron chi connectivity index (χ4n) is 1.02. The van der Waals surface area contributed by atoms with Gasteiger partial charge in [0.1, 0.15) is 10.7 Å². The molecule has 1 heterocycles. The summed E-state index contributed by atoms with van der Waals surface area (Å²) in [5.41, 5.74) is 0.193. The Hall–Kier alpha value is -1.11. The summed E-state index contributed by atoms with van der Waals surface area (Å²) in [6.45, 7) is 0. The predicted octanol–water partition coefficient (Wildman–Crippen LogP) is 1.99. The normalized spacial score (nSPS) is 20.2. The minimum absolute atomic E-state index is 0.188. The van der Waals surface area contributed by atoms with Crippen LogP contribution in [0.5, 0.6) is 0 Å². The van der Waals surface area contributed by atoms with Crippen molar-refractivity contribution in [1.29, 1.82) is 0 Å². The second-order valence-electron chi connectivity index (χ2n) is 2.49. The van der Waals surface area contributed by atoms with Crippen molar-refractivity contribution in [2.24, 2.45) is 4.99 Å². The number of nitrogens with one attached hydrogen (secondary N) is 1. The van der Waals surface area contributed by atoms with Gasteiger partial charge >= 0.3 is 0 Å². The summed E-state index contributed by atoms with van der Waals surface area (Å²) in [7, 11) is -3.08. The number of halogens is 1. The number of benzene rings is 1. The molecule has 6 heteroatoms. The fourth-order valence-corrected chi connectivity index (χ4v) is 1.96. The van der Waals surface area contributed by atoms with E-state index in [1.807, 2.05) is 0 Å². The van der Waals surface area contributed by atoms with Crippen molar-refractivity contribution in [3.63, 3.8) is 0 Å². The molecular formula is C7H6FN2O2S. The first kappa shape index (κ1) is 8.49. The summed E-state index contributed by atoms with van der Waals surface area (Å²) >= 11 is 0. The van der Waals surface area contributed by atoms with Crippen LogP contribution >= 0.6 is 10.8 Å². The molecule has 0 aliphatic carbocycles. The topological polar surface area (TPSA) is 64.8 Å². The van der Waals surface area contributed by atoms with E-state index in [9.17, 15) is 13.5 Å². The lowest BCUT2D eigenvalue weighted by atomic mass is 10.3. The van der Waals surface area contributed by atoms with Gasteiger partial charge in [-0.25, -0.2) is 9.38 Å². The number of hydrogen-bond donors (Lipinski definition) is 3. The van der Waals surface area contributed by atoms with E-state index in [-0.39, 0.29) is 10.6 Å². The zero-order valence-corrected chi connectivity index (χ0v) is 7.18. The van der Waals surface area contributed by atoms with Crippen molar-refractivity contribution in [3.8, 4) is 0 Å². The molecule has 3 N–H and O–H groups in total. The molecule has 69 valence electrons. The fraction of sp³-hybridized carbons (Fsp3) is 0. The van der Waals surface area contributed by atoms with E-state index in [0.29, 0.717) is 0 Å². The quantitative estimate of drug-likeness (QED) is 0.601. The smallest absolute Gasteiger partial charge is 0.190 e. The molecule has 2 rings (SSSR count). The van der Waals surface area contributed by atoms with Crippen LogP contribution in [-0.4, -0.2) is 15.4 Å². The molecule has 0 spiro atoms. The van der Waals surface area contributed by atoms with E-state index < -0.39 is 16.6 Å². The second-order valence-corrected chi connectivity index (χ2v) is 4.23. The monoisotopic (exact) mass is 201 g/mol. The highest BCUT2D eigenvalue weighted by molar-refractivity contribution is 8.23. The largest absolute Gasteiger partial charge is 0.278 e. The van der Waals surface area contributed by atoms with Crippen LogP contribution in [-0.2, 0) is 0 Å². The van der Waals surface area contributed by atoms with Gasteiger partial charge in [-0.2, -0.15) is 0 Å². The van der Waals surface area contributed by atoms with Gasteiger partial charge in [0, 0.05) is 6.07 Å². The average molecular weight is 201 g/mol. The molecule has 0 aromatic heterocycles. The van der Waals surface area contributed by atoms with E-state index >= 15 is 0 Å². The molecule has 1 aliphatic rings. The molecular weight excluding hydrogens is 195 g/mol. The molecule has 4 nitrogen and oxygen atoms in total. The Morgan fingerprint density at radius 1 is 1.46 bits per heavy atom. The Morgan fingerprint density at radius 3 is 3.00 bits per heavy atom. The molecule has 13 heavy (non-hydrogen) atoms. The molecule has 0 saturated carbocycles. The third-order valence-corrected chi connectivity index (χ3v) is 2.93. The lowest BCUT2D eigenvalue weighted by molar-refractivity contribution is 0.481. The molecule has 0 unspecified atom stereocenters. The van der Waals surface area contributed by atoms with Gasteiger partial charge < -0.3 is 0 Å². The van der Waals surface area contributed by atoms with Crippen LogP contribution in [0.3, 0.4) is 0 Å². The number of fused-ring (bicyclic) bond motifs is 1. The van der Waals surface area contributed by atoms with Crippen molar-refractivity contribution in [2.45, 2.75) is 4.90 Å². The summed E-state index contributed by atoms with van der Waals surface area (Å²) in [4.78, 5) is 3.84. The minimum atomic E-state index is -3.08. The summed E-state index contributed by atoms with van der Waals surface area (Å²) < 4.78 is 33.7. The van der Waals surface area contributed by atoms with Crippen LogP contribution in [0.25, 0.3) is 0 Å². The first-order valence-electron chi connectivity index (χ1n) is 3.40. The maximum atomic E-state index is 12.7. The first-order chi connectivity index (χ1) is 6.09. The van der Waals surface area contributed by atoms with Gasteiger partial charge in [0.05, 0.1) is 5.69 Å². The highest BCUT2D eigenvalue weighted by Gasteiger charge is 2.21. The Balaban J connectivity index is 2.61. The van der Waals surface area contributed by atoms with Gasteiger partial charge in [-0.1, -0.05) is 10.8 Å². The van der Waals surface area contributed by atoms with Crippen molar-refractivity contribution in [3.05, 3.63) is 24.0 Å². The molecule has 1 aliphatic heterocycles. The van der Waals surface area contributed by atoms with Crippen molar-refractivity contribution < 1.29 is 13.5 Å². The second kappa shape index (κ2) is 2.69. The predicted molar refractivity (Wildman–Crippen MR) is 47.7 cm³/mol. The van der Waals surface area contributed by atoms with E-state index in [1.54, 1.807) is 0 Å². The number of rotatable bonds is 0. The zero-order chi connectivity index (χ0) is 9.47. The summed E-state index contributed by atoms with van der Waals surface area (Å²) in [5, 5.41) is 0. The molecule has 1 aromatic rings. The molecule has 0 amide bonds. The zero-order valence-electron chi connectivity index (χ0n) is 6.36. The lowest BCUT2D eigenvalue weighted by Crippen LogP contribution is -2.21. The lowest BCUT2D eigenvalue weighted by Gasteiger charge is -2.34. The first-order valence-corrected chi connectivity index (χ1v) is 4.94. The Morgan fingerprint density at radius 2 is 2.23 bits per heavy atom. The van der Waals surface area contributed by atoms with Crippen molar-refractivity contribution in [1.82, 2.24) is 4.72 Å². The SMILES string of the molecule is OS1(O)N[C]=Nc2cc(F)ccc21. The van der Waals surface area contributed by atoms with Crippen molar-refractivity contribution >= 4 is 22.8 Å². The van der Waals surface area contributed by atoms with Crippen LogP contribution in [0, 0.1) is 5.82 Å². The van der Waals surface area contributed by atoms with Gasteiger partial charge in [-0.15, -0.1) is 0 Å². The van der Waals surface area contributed by atoms with E-state index in [0.717, 1.165) is 12.1 Å². The molecule has 0 fully saturated rings. The summed E-state index contributed by atoms with van der Waals surface area (Å²) in [6, 6.07) is 3.56. The van der Waals surface area contributed by atoms with Gasteiger partial charge in [0.25, 0.3) is 0 Å². The minimum Gasteiger partial charge on any atom is -0.278 e. The van der Waals surface area contributed by atoms with Crippen molar-refractivity contribution in [2.75, 3.05) is 0 Å².